The lowest BCUT2D eigenvalue weighted by Gasteiger charge is -2.08. The zero-order valence-corrected chi connectivity index (χ0v) is 12.8. The summed E-state index contributed by atoms with van der Waals surface area (Å²) in [6.45, 7) is -0.00621. The number of amides is 2. The van der Waals surface area contributed by atoms with Crippen LogP contribution in [-0.4, -0.2) is 35.6 Å². The van der Waals surface area contributed by atoms with Crippen LogP contribution >= 0.6 is 27.7 Å². The third-order valence-electron chi connectivity index (χ3n) is 2.05. The fourth-order valence-electron chi connectivity index (χ4n) is 1.25. The Hall–Kier alpha value is -1.54. The van der Waals surface area contributed by atoms with E-state index in [2.05, 4.69) is 21.2 Å². The van der Waals surface area contributed by atoms with Gasteiger partial charge < -0.3 is 15.8 Å². The third kappa shape index (κ3) is 5.62. The van der Waals surface area contributed by atoms with Crippen LogP contribution in [0.1, 0.15) is 10.4 Å². The number of benzene rings is 1. The molecule has 0 fully saturated rings. The lowest BCUT2D eigenvalue weighted by atomic mass is 10.2. The van der Waals surface area contributed by atoms with Gasteiger partial charge in [0.05, 0.1) is 12.1 Å². The molecule has 0 spiro atoms. The Labute approximate surface area is 128 Å². The Kier molecular flexibility index (Phi) is 7.10. The second-order valence-corrected chi connectivity index (χ2v) is 5.30. The number of ether oxygens (including phenoxy) is 1. The summed E-state index contributed by atoms with van der Waals surface area (Å²) < 4.78 is 4.90. The molecule has 0 aromatic heterocycles. The van der Waals surface area contributed by atoms with E-state index < -0.39 is 17.1 Å². The van der Waals surface area contributed by atoms with E-state index in [4.69, 9.17) is 10.5 Å². The number of nitrogens with one attached hydrogen (secondary N) is 1. The zero-order valence-electron chi connectivity index (χ0n) is 10.4. The maximum Gasteiger partial charge on any atom is 0.372 e. The Morgan fingerprint density at radius 2 is 2.00 bits per heavy atom. The number of hydrogen-bond donors (Lipinski definition) is 2. The highest BCUT2D eigenvalue weighted by Crippen LogP contribution is 2.24. The van der Waals surface area contributed by atoms with Crippen LogP contribution in [-0.2, 0) is 9.53 Å². The van der Waals surface area contributed by atoms with Gasteiger partial charge in [-0.25, -0.2) is 4.79 Å². The van der Waals surface area contributed by atoms with Crippen molar-refractivity contribution in [3.05, 3.63) is 29.8 Å². The van der Waals surface area contributed by atoms with Gasteiger partial charge in [-0.3, -0.25) is 9.59 Å². The van der Waals surface area contributed by atoms with Crippen LogP contribution in [0.5, 0.6) is 0 Å². The number of hydrogen-bond acceptors (Lipinski definition) is 5. The minimum absolute atomic E-state index is 0.252. The fraction of sp³-hybridized carbons (Fsp3) is 0.250. The van der Waals surface area contributed by atoms with E-state index >= 15 is 0 Å². The maximum absolute atomic E-state index is 11.9. The quantitative estimate of drug-likeness (QED) is 0.455. The highest BCUT2D eigenvalue weighted by Gasteiger charge is 2.15. The fourth-order valence-corrected chi connectivity index (χ4v) is 2.15. The van der Waals surface area contributed by atoms with Crippen LogP contribution in [0.2, 0.25) is 0 Å². The topological polar surface area (TPSA) is 98.5 Å². The first-order valence-corrected chi connectivity index (χ1v) is 7.54. The summed E-state index contributed by atoms with van der Waals surface area (Å²) in [5.74, 6) is -1.11. The van der Waals surface area contributed by atoms with Gasteiger partial charge >= 0.3 is 5.30 Å². The van der Waals surface area contributed by atoms with Gasteiger partial charge in [-0.1, -0.05) is 28.1 Å². The van der Waals surface area contributed by atoms with Crippen molar-refractivity contribution in [2.24, 2.45) is 5.73 Å². The van der Waals surface area contributed by atoms with E-state index in [9.17, 15) is 14.4 Å². The second kappa shape index (κ2) is 8.60. The summed E-state index contributed by atoms with van der Waals surface area (Å²) in [6, 6.07) is 6.54. The first-order valence-electron chi connectivity index (χ1n) is 5.60. The molecular formula is C12H13BrN2O4S. The van der Waals surface area contributed by atoms with E-state index in [1.807, 2.05) is 0 Å². The number of nitrogens with two attached hydrogens (primary N) is 1. The van der Waals surface area contributed by atoms with Crippen LogP contribution < -0.4 is 11.1 Å². The Balaban J connectivity index is 2.74. The molecule has 0 aliphatic rings. The second-order valence-electron chi connectivity index (χ2n) is 3.53. The van der Waals surface area contributed by atoms with Crippen molar-refractivity contribution in [3.63, 3.8) is 0 Å². The lowest BCUT2D eigenvalue weighted by molar-refractivity contribution is -0.117. The van der Waals surface area contributed by atoms with Crippen molar-refractivity contribution in [1.82, 2.24) is 5.32 Å². The highest BCUT2D eigenvalue weighted by atomic mass is 79.9. The van der Waals surface area contributed by atoms with Crippen LogP contribution in [0.15, 0.2) is 29.2 Å². The molecule has 1 aromatic rings. The largest absolute Gasteiger partial charge is 0.456 e. The minimum atomic E-state index is -0.639. The number of carbonyl (C=O) groups excluding carboxylic acids is 3. The molecule has 2 amide bonds. The molecule has 0 unspecified atom stereocenters. The predicted octanol–water partition coefficient (Wildman–Crippen LogP) is 1.53. The highest BCUT2D eigenvalue weighted by molar-refractivity contribution is 9.09. The molecule has 8 heteroatoms. The van der Waals surface area contributed by atoms with Crippen LogP contribution in [0, 0.1) is 0 Å². The maximum atomic E-state index is 11.9. The molecule has 0 saturated heterocycles. The smallest absolute Gasteiger partial charge is 0.372 e. The summed E-state index contributed by atoms with van der Waals surface area (Å²) in [4.78, 5) is 34.5. The summed E-state index contributed by atoms with van der Waals surface area (Å²) in [6.07, 6.45) is 0. The average Bonchev–Trinajstić information content (AvgIpc) is 2.43. The van der Waals surface area contributed by atoms with Gasteiger partial charge in [-0.2, -0.15) is 0 Å². The first-order chi connectivity index (χ1) is 9.54. The molecule has 3 N–H and O–H groups in total. The Morgan fingerprint density at radius 3 is 2.65 bits per heavy atom. The van der Waals surface area contributed by atoms with Crippen molar-refractivity contribution >= 4 is 44.8 Å². The third-order valence-corrected chi connectivity index (χ3v) is 3.23. The van der Waals surface area contributed by atoms with Gasteiger partial charge in [0.1, 0.15) is 6.61 Å². The number of halogens is 1. The van der Waals surface area contributed by atoms with Gasteiger partial charge in [0, 0.05) is 10.2 Å². The number of thioether (sulfide) groups is 1. The molecule has 0 saturated carbocycles. The number of primary amides is 1. The number of carbonyl (C=O) groups is 3. The van der Waals surface area contributed by atoms with Gasteiger partial charge in [-0.15, -0.1) is 0 Å². The summed E-state index contributed by atoms with van der Waals surface area (Å²) >= 11 is 3.95. The summed E-state index contributed by atoms with van der Waals surface area (Å²) in [5, 5.41) is 2.41. The van der Waals surface area contributed by atoms with Crippen LogP contribution in [0.25, 0.3) is 0 Å². The minimum Gasteiger partial charge on any atom is -0.456 e. The number of rotatable bonds is 6. The zero-order chi connectivity index (χ0) is 15.0. The molecule has 1 aromatic carbocycles. The molecule has 0 bridgehead atoms. The number of alkyl halides is 1. The molecular weight excluding hydrogens is 348 g/mol. The van der Waals surface area contributed by atoms with Gasteiger partial charge in [-0.05, 0) is 23.9 Å². The van der Waals surface area contributed by atoms with Crippen molar-refractivity contribution in [3.8, 4) is 0 Å². The average molecular weight is 361 g/mol. The van der Waals surface area contributed by atoms with E-state index in [1.165, 1.54) is 0 Å². The molecule has 0 radical (unpaired) electrons. The van der Waals surface area contributed by atoms with E-state index in [0.29, 0.717) is 10.2 Å². The molecule has 0 heterocycles. The van der Waals surface area contributed by atoms with E-state index in [1.54, 1.807) is 24.3 Å². The molecule has 108 valence electrons. The Bertz CT molecular complexity index is 510. The van der Waals surface area contributed by atoms with Crippen molar-refractivity contribution < 1.29 is 19.1 Å². The SMILES string of the molecule is NC(=O)CNC(=O)c1ccccc1SC(=O)OCCBr. The lowest BCUT2D eigenvalue weighted by Crippen LogP contribution is -2.33. The van der Waals surface area contributed by atoms with Crippen LogP contribution in [0.4, 0.5) is 4.79 Å². The molecule has 20 heavy (non-hydrogen) atoms. The molecule has 0 aliphatic heterocycles. The molecule has 0 aliphatic carbocycles. The molecule has 1 rings (SSSR count). The van der Waals surface area contributed by atoms with Crippen molar-refractivity contribution in [2.45, 2.75) is 4.90 Å². The van der Waals surface area contributed by atoms with Crippen molar-refractivity contribution in [1.29, 1.82) is 0 Å². The summed E-state index contributed by atoms with van der Waals surface area (Å²) in [5.41, 5.74) is 5.24. The molecule has 6 nitrogen and oxygen atoms in total. The first kappa shape index (κ1) is 16.5. The van der Waals surface area contributed by atoms with Crippen molar-refractivity contribution in [2.75, 3.05) is 18.5 Å². The van der Waals surface area contributed by atoms with Gasteiger partial charge in [0.25, 0.3) is 5.91 Å². The standard InChI is InChI=1S/C12H13BrN2O4S/c13-5-6-19-12(18)20-9-4-2-1-3-8(9)11(17)15-7-10(14)16/h1-4H,5-7H2,(H2,14,16)(H,15,17). The molecule has 0 atom stereocenters. The van der Waals surface area contributed by atoms with E-state index in [-0.39, 0.29) is 18.7 Å². The van der Waals surface area contributed by atoms with Gasteiger partial charge in [0.15, 0.2) is 0 Å². The summed E-state index contributed by atoms with van der Waals surface area (Å²) in [7, 11) is 0. The Morgan fingerprint density at radius 1 is 1.30 bits per heavy atom. The predicted molar refractivity (Wildman–Crippen MR) is 79.0 cm³/mol. The van der Waals surface area contributed by atoms with E-state index in [0.717, 1.165) is 11.8 Å². The van der Waals surface area contributed by atoms with Crippen LogP contribution in [0.3, 0.4) is 0 Å². The monoisotopic (exact) mass is 360 g/mol. The normalized spacial score (nSPS) is 9.85. The van der Waals surface area contributed by atoms with Gasteiger partial charge in [0.2, 0.25) is 5.91 Å².